The Hall–Kier alpha value is -1.45. The van der Waals surface area contributed by atoms with E-state index >= 15 is 0 Å². The first-order valence-electron chi connectivity index (χ1n) is 5.28. The van der Waals surface area contributed by atoms with Gasteiger partial charge in [-0.15, -0.1) is 0 Å². The molecule has 6 heteroatoms. The molecular formula is C11H15N3O2S. The highest BCUT2D eigenvalue weighted by molar-refractivity contribution is 7.90. The van der Waals surface area contributed by atoms with Crippen molar-refractivity contribution in [2.45, 2.75) is 32.1 Å². The Kier molecular flexibility index (Phi) is 4.61. The molecule has 0 radical (unpaired) electrons. The van der Waals surface area contributed by atoms with Gasteiger partial charge in [-0.2, -0.15) is 5.26 Å². The highest BCUT2D eigenvalue weighted by Gasteiger charge is 2.22. The van der Waals surface area contributed by atoms with Crippen molar-refractivity contribution in [3.8, 4) is 6.07 Å². The standard InChI is InChI=1S/C11H15N3O2S/c1-3-11(6-12)17(15,16)14-8-10-7-13-5-4-9(10)2/h4-5,7,11,14H,3,8H2,1-2H3. The van der Waals surface area contributed by atoms with E-state index < -0.39 is 15.3 Å². The zero-order chi connectivity index (χ0) is 12.9. The number of nitrogens with one attached hydrogen (secondary N) is 1. The number of hydrogen-bond acceptors (Lipinski definition) is 4. The first-order chi connectivity index (χ1) is 8.01. The first kappa shape index (κ1) is 13.6. The van der Waals surface area contributed by atoms with Crippen molar-refractivity contribution < 1.29 is 8.42 Å². The molecule has 92 valence electrons. The van der Waals surface area contributed by atoms with Crippen LogP contribution in [0.3, 0.4) is 0 Å². The number of pyridine rings is 1. The predicted molar refractivity (Wildman–Crippen MR) is 64.4 cm³/mol. The molecule has 0 aliphatic heterocycles. The van der Waals surface area contributed by atoms with Crippen LogP contribution in [0.25, 0.3) is 0 Å². The molecular weight excluding hydrogens is 238 g/mol. The largest absolute Gasteiger partial charge is 0.264 e. The molecule has 0 aromatic carbocycles. The smallest absolute Gasteiger partial charge is 0.228 e. The lowest BCUT2D eigenvalue weighted by molar-refractivity contribution is 0.572. The van der Waals surface area contributed by atoms with E-state index in [1.54, 1.807) is 25.4 Å². The van der Waals surface area contributed by atoms with E-state index in [0.29, 0.717) is 0 Å². The second kappa shape index (κ2) is 5.75. The van der Waals surface area contributed by atoms with Gasteiger partial charge in [-0.25, -0.2) is 13.1 Å². The van der Waals surface area contributed by atoms with Gasteiger partial charge in [-0.1, -0.05) is 6.92 Å². The van der Waals surface area contributed by atoms with Gasteiger partial charge in [0.05, 0.1) is 6.07 Å². The minimum absolute atomic E-state index is 0.167. The highest BCUT2D eigenvalue weighted by atomic mass is 32.2. The van der Waals surface area contributed by atoms with E-state index in [1.165, 1.54) is 0 Å². The molecule has 0 saturated heterocycles. The van der Waals surface area contributed by atoms with E-state index in [1.807, 2.05) is 13.0 Å². The molecule has 1 rings (SSSR count). The van der Waals surface area contributed by atoms with Gasteiger partial charge >= 0.3 is 0 Å². The minimum atomic E-state index is -3.58. The fourth-order valence-electron chi connectivity index (χ4n) is 1.34. The quantitative estimate of drug-likeness (QED) is 0.852. The molecule has 1 unspecified atom stereocenters. The van der Waals surface area contributed by atoms with E-state index in [0.717, 1.165) is 11.1 Å². The molecule has 1 N–H and O–H groups in total. The van der Waals surface area contributed by atoms with E-state index in [9.17, 15) is 8.42 Å². The average molecular weight is 253 g/mol. The van der Waals surface area contributed by atoms with Crippen LogP contribution in [0.1, 0.15) is 24.5 Å². The van der Waals surface area contributed by atoms with Gasteiger partial charge in [0.1, 0.15) is 0 Å². The number of sulfonamides is 1. The van der Waals surface area contributed by atoms with Crippen molar-refractivity contribution in [2.75, 3.05) is 0 Å². The summed E-state index contributed by atoms with van der Waals surface area (Å²) in [6, 6.07) is 3.59. The summed E-state index contributed by atoms with van der Waals surface area (Å²) in [6.07, 6.45) is 3.54. The van der Waals surface area contributed by atoms with Gasteiger partial charge in [0.2, 0.25) is 10.0 Å². The van der Waals surface area contributed by atoms with Crippen LogP contribution in [0.4, 0.5) is 0 Å². The Morgan fingerprint density at radius 1 is 1.59 bits per heavy atom. The van der Waals surface area contributed by atoms with Gasteiger partial charge in [0.25, 0.3) is 0 Å². The van der Waals surface area contributed by atoms with Crippen molar-refractivity contribution in [3.05, 3.63) is 29.6 Å². The molecule has 1 heterocycles. The van der Waals surface area contributed by atoms with Crippen LogP contribution in [0.2, 0.25) is 0 Å². The lowest BCUT2D eigenvalue weighted by Crippen LogP contribution is -2.32. The molecule has 0 saturated carbocycles. The maximum Gasteiger partial charge on any atom is 0.228 e. The lowest BCUT2D eigenvalue weighted by Gasteiger charge is -2.10. The zero-order valence-electron chi connectivity index (χ0n) is 9.84. The summed E-state index contributed by atoms with van der Waals surface area (Å²) >= 11 is 0. The van der Waals surface area contributed by atoms with Crippen molar-refractivity contribution in [1.82, 2.24) is 9.71 Å². The van der Waals surface area contributed by atoms with Gasteiger partial charge in [0, 0.05) is 18.9 Å². The summed E-state index contributed by atoms with van der Waals surface area (Å²) in [4.78, 5) is 3.93. The molecule has 1 aromatic rings. The van der Waals surface area contributed by atoms with Gasteiger partial charge < -0.3 is 0 Å². The summed E-state index contributed by atoms with van der Waals surface area (Å²) in [7, 11) is -3.58. The second-order valence-electron chi connectivity index (χ2n) is 3.69. The fourth-order valence-corrected chi connectivity index (χ4v) is 2.48. The molecule has 0 aliphatic rings. The van der Waals surface area contributed by atoms with E-state index in [4.69, 9.17) is 5.26 Å². The first-order valence-corrected chi connectivity index (χ1v) is 6.83. The van der Waals surface area contributed by atoms with Crippen molar-refractivity contribution in [1.29, 1.82) is 5.26 Å². The zero-order valence-corrected chi connectivity index (χ0v) is 10.7. The maximum atomic E-state index is 11.7. The van der Waals surface area contributed by atoms with E-state index in [-0.39, 0.29) is 13.0 Å². The summed E-state index contributed by atoms with van der Waals surface area (Å²) < 4.78 is 25.9. The third-order valence-electron chi connectivity index (χ3n) is 2.50. The number of aryl methyl sites for hydroxylation is 1. The van der Waals surface area contributed by atoms with Crippen LogP contribution in [0, 0.1) is 18.3 Å². The van der Waals surface area contributed by atoms with E-state index in [2.05, 4.69) is 9.71 Å². The monoisotopic (exact) mass is 253 g/mol. The molecule has 0 bridgehead atoms. The lowest BCUT2D eigenvalue weighted by atomic mass is 10.2. The third kappa shape index (κ3) is 3.51. The fraction of sp³-hybridized carbons (Fsp3) is 0.455. The van der Waals surface area contributed by atoms with Crippen molar-refractivity contribution in [2.24, 2.45) is 0 Å². The predicted octanol–water partition coefficient (Wildman–Crippen LogP) is 1.11. The highest BCUT2D eigenvalue weighted by Crippen LogP contribution is 2.07. The summed E-state index contributed by atoms with van der Waals surface area (Å²) in [5.74, 6) is 0. The molecule has 17 heavy (non-hydrogen) atoms. The Balaban J connectivity index is 2.75. The summed E-state index contributed by atoms with van der Waals surface area (Å²) in [6.45, 7) is 3.72. The molecule has 0 spiro atoms. The second-order valence-corrected chi connectivity index (χ2v) is 5.64. The summed E-state index contributed by atoms with van der Waals surface area (Å²) in [5, 5.41) is 7.73. The molecule has 1 atom stereocenters. The van der Waals surface area contributed by atoms with Crippen molar-refractivity contribution >= 4 is 10.0 Å². The Morgan fingerprint density at radius 2 is 2.29 bits per heavy atom. The molecule has 0 fully saturated rings. The third-order valence-corrected chi connectivity index (χ3v) is 4.24. The number of hydrogen-bond donors (Lipinski definition) is 1. The number of nitrogens with zero attached hydrogens (tertiary/aromatic N) is 2. The van der Waals surface area contributed by atoms with Gasteiger partial charge in [0.15, 0.2) is 5.25 Å². The maximum absolute atomic E-state index is 11.7. The van der Waals surface area contributed by atoms with Gasteiger partial charge in [-0.3, -0.25) is 4.98 Å². The molecule has 0 amide bonds. The van der Waals surface area contributed by atoms with Crippen LogP contribution in [-0.4, -0.2) is 18.7 Å². The number of aromatic nitrogens is 1. The SMILES string of the molecule is CCC(C#N)S(=O)(=O)NCc1cnccc1C. The molecule has 0 aliphatic carbocycles. The summed E-state index contributed by atoms with van der Waals surface area (Å²) in [5.41, 5.74) is 1.77. The molecule has 5 nitrogen and oxygen atoms in total. The van der Waals surface area contributed by atoms with Crippen molar-refractivity contribution in [3.63, 3.8) is 0 Å². The minimum Gasteiger partial charge on any atom is -0.264 e. The van der Waals surface area contributed by atoms with Gasteiger partial charge in [-0.05, 0) is 30.5 Å². The number of rotatable bonds is 5. The Bertz CT molecular complexity index is 520. The average Bonchev–Trinajstić information content (AvgIpc) is 2.29. The normalized spacial score (nSPS) is 13.0. The topological polar surface area (TPSA) is 82.8 Å². The van der Waals surface area contributed by atoms with Crippen LogP contribution >= 0.6 is 0 Å². The van der Waals surface area contributed by atoms with Crippen LogP contribution in [-0.2, 0) is 16.6 Å². The number of nitriles is 1. The van der Waals surface area contributed by atoms with Crippen LogP contribution in [0.15, 0.2) is 18.5 Å². The van der Waals surface area contributed by atoms with Crippen LogP contribution < -0.4 is 4.72 Å². The van der Waals surface area contributed by atoms with Crippen LogP contribution in [0.5, 0.6) is 0 Å². The Labute approximate surface area is 102 Å². The Morgan fingerprint density at radius 3 is 2.82 bits per heavy atom. The molecule has 1 aromatic heterocycles.